The van der Waals surface area contributed by atoms with Gasteiger partial charge < -0.3 is 4.43 Å². The van der Waals surface area contributed by atoms with Crippen LogP contribution in [0.15, 0.2) is 24.0 Å². The molecule has 2 aliphatic carbocycles. The number of fused-ring (bicyclic) bond motifs is 1. The van der Waals surface area contributed by atoms with Gasteiger partial charge in [-0.2, -0.15) is 0 Å². The highest BCUT2D eigenvalue weighted by atomic mass is 28.4. The number of ketones is 1. The van der Waals surface area contributed by atoms with E-state index in [-0.39, 0.29) is 5.41 Å². The van der Waals surface area contributed by atoms with Crippen molar-refractivity contribution in [1.29, 1.82) is 0 Å². The fraction of sp³-hybridized carbons (Fsp3) is 0.706. The number of allylic oxidation sites excluding steroid dienone is 3. The molecule has 1 fully saturated rings. The lowest BCUT2D eigenvalue weighted by Gasteiger charge is -2.46. The molecule has 0 radical (unpaired) electrons. The lowest BCUT2D eigenvalue weighted by molar-refractivity contribution is -0.136. The van der Waals surface area contributed by atoms with Gasteiger partial charge in [0.2, 0.25) is 8.32 Å². The zero-order chi connectivity index (χ0) is 15.1. The van der Waals surface area contributed by atoms with Crippen LogP contribution in [0.25, 0.3) is 0 Å². The average Bonchev–Trinajstić information content (AvgIpc) is 2.29. The number of hydrogen-bond acceptors (Lipinski definition) is 2. The van der Waals surface area contributed by atoms with Gasteiger partial charge in [0.05, 0.1) is 5.76 Å². The Hall–Kier alpha value is -0.833. The van der Waals surface area contributed by atoms with Crippen LogP contribution in [0.2, 0.25) is 19.6 Å². The van der Waals surface area contributed by atoms with Crippen LogP contribution in [0.5, 0.6) is 0 Å². The maximum Gasteiger partial charge on any atom is 0.241 e. The molecule has 0 N–H and O–H groups in total. The summed E-state index contributed by atoms with van der Waals surface area (Å²) in [4.78, 5) is 12.6. The first-order valence-electron chi connectivity index (χ1n) is 7.68. The van der Waals surface area contributed by atoms with Crippen molar-refractivity contribution >= 4 is 14.1 Å². The zero-order valence-corrected chi connectivity index (χ0v) is 14.6. The Bertz CT molecular complexity index is 458. The van der Waals surface area contributed by atoms with E-state index < -0.39 is 8.32 Å². The first-order chi connectivity index (χ1) is 9.12. The number of carbonyl (C=O) groups excluding carboxylic acids is 1. The van der Waals surface area contributed by atoms with Gasteiger partial charge >= 0.3 is 0 Å². The Labute approximate surface area is 124 Å². The summed E-state index contributed by atoms with van der Waals surface area (Å²) < 4.78 is 6.17. The molecule has 0 saturated heterocycles. The van der Waals surface area contributed by atoms with Crippen molar-refractivity contribution in [1.82, 2.24) is 0 Å². The third-order valence-corrected chi connectivity index (χ3v) is 5.75. The SMILES string of the molecule is C=C(C)[C@@H]1CC(=O)[C@@]2(C)CC=C(O[Si](C)(C)C)C[C@H]2C1. The quantitative estimate of drug-likeness (QED) is 0.557. The Morgan fingerprint density at radius 3 is 2.60 bits per heavy atom. The third kappa shape index (κ3) is 3.08. The molecule has 0 spiro atoms. The molecule has 2 rings (SSSR count). The molecule has 0 aromatic carbocycles. The van der Waals surface area contributed by atoms with E-state index in [0.717, 1.165) is 30.6 Å². The predicted octanol–water partition coefficient (Wildman–Crippen LogP) is 4.69. The predicted molar refractivity (Wildman–Crippen MR) is 85.9 cm³/mol. The van der Waals surface area contributed by atoms with Crippen molar-refractivity contribution < 1.29 is 9.22 Å². The van der Waals surface area contributed by atoms with Crippen LogP contribution in [-0.2, 0) is 9.22 Å². The summed E-state index contributed by atoms with van der Waals surface area (Å²) in [5.41, 5.74) is 0.987. The Balaban J connectivity index is 2.18. The molecule has 3 atom stereocenters. The largest absolute Gasteiger partial charge is 0.548 e. The summed E-state index contributed by atoms with van der Waals surface area (Å²) in [6, 6.07) is 0. The first-order valence-corrected chi connectivity index (χ1v) is 11.1. The second-order valence-electron chi connectivity index (χ2n) is 7.81. The second kappa shape index (κ2) is 5.17. The van der Waals surface area contributed by atoms with Crippen molar-refractivity contribution in [3.05, 3.63) is 24.0 Å². The zero-order valence-electron chi connectivity index (χ0n) is 13.6. The fourth-order valence-electron chi connectivity index (χ4n) is 3.46. The number of carbonyl (C=O) groups is 1. The van der Waals surface area contributed by atoms with Crippen molar-refractivity contribution in [3.63, 3.8) is 0 Å². The lowest BCUT2D eigenvalue weighted by Crippen LogP contribution is -2.44. The molecule has 0 aliphatic heterocycles. The van der Waals surface area contributed by atoms with Crippen LogP contribution in [0, 0.1) is 17.3 Å². The normalized spacial score (nSPS) is 34.2. The molecule has 1 saturated carbocycles. The van der Waals surface area contributed by atoms with Gasteiger partial charge in [0.25, 0.3) is 0 Å². The van der Waals surface area contributed by atoms with Crippen molar-refractivity contribution in [2.24, 2.45) is 17.3 Å². The molecule has 0 aromatic heterocycles. The molecule has 0 aromatic rings. The van der Waals surface area contributed by atoms with E-state index in [1.54, 1.807) is 0 Å². The van der Waals surface area contributed by atoms with Gasteiger partial charge in [-0.1, -0.05) is 19.1 Å². The lowest BCUT2D eigenvalue weighted by atomic mass is 9.58. The minimum atomic E-state index is -1.55. The maximum absolute atomic E-state index is 12.6. The van der Waals surface area contributed by atoms with Gasteiger partial charge in [0.15, 0.2) is 0 Å². The molecule has 2 aliphatic rings. The first kappa shape index (κ1) is 15.6. The van der Waals surface area contributed by atoms with Crippen LogP contribution < -0.4 is 0 Å². The summed E-state index contributed by atoms with van der Waals surface area (Å²) in [6.07, 6.45) is 5.72. The number of rotatable bonds is 3. The number of hydrogen-bond donors (Lipinski definition) is 0. The van der Waals surface area contributed by atoms with Gasteiger partial charge in [0, 0.05) is 18.3 Å². The van der Waals surface area contributed by atoms with Crippen molar-refractivity contribution in [2.75, 3.05) is 0 Å². The smallest absolute Gasteiger partial charge is 0.241 e. The van der Waals surface area contributed by atoms with Crippen LogP contribution in [0.4, 0.5) is 0 Å². The molecular weight excluding hydrogens is 264 g/mol. The highest BCUT2D eigenvalue weighted by Crippen LogP contribution is 2.50. The third-order valence-electron chi connectivity index (χ3n) is 4.87. The molecule has 3 heteroatoms. The van der Waals surface area contributed by atoms with E-state index in [1.165, 1.54) is 0 Å². The van der Waals surface area contributed by atoms with Gasteiger partial charge in [-0.25, -0.2) is 0 Å². The maximum atomic E-state index is 12.6. The van der Waals surface area contributed by atoms with E-state index in [2.05, 4.69) is 46.1 Å². The highest BCUT2D eigenvalue weighted by Gasteiger charge is 2.48. The summed E-state index contributed by atoms with van der Waals surface area (Å²) in [6.45, 7) is 14.9. The average molecular weight is 292 g/mol. The molecular formula is C17H28O2Si. The van der Waals surface area contributed by atoms with Gasteiger partial charge in [-0.3, -0.25) is 4.79 Å². The monoisotopic (exact) mass is 292 g/mol. The standard InChI is InChI=1S/C17H28O2Si/c1-12(2)13-9-14-11-15(19-20(4,5)6)7-8-17(14,3)16(18)10-13/h7,13-14H,1,8-11H2,2-6H3/t13-,14+,17-/m0/s1. The minimum absolute atomic E-state index is 0.168. The van der Waals surface area contributed by atoms with Gasteiger partial charge in [0.1, 0.15) is 5.78 Å². The van der Waals surface area contributed by atoms with E-state index in [4.69, 9.17) is 4.43 Å². The van der Waals surface area contributed by atoms with Crippen LogP contribution in [0.1, 0.15) is 39.5 Å². The summed E-state index contributed by atoms with van der Waals surface area (Å²) in [5.74, 6) is 2.33. The van der Waals surface area contributed by atoms with Gasteiger partial charge in [-0.05, 0) is 57.3 Å². The van der Waals surface area contributed by atoms with E-state index >= 15 is 0 Å². The molecule has 0 heterocycles. The fourth-order valence-corrected chi connectivity index (χ4v) is 4.42. The summed E-state index contributed by atoms with van der Waals surface area (Å²) in [5, 5.41) is 0. The van der Waals surface area contributed by atoms with Crippen LogP contribution in [0.3, 0.4) is 0 Å². The number of Topliss-reactive ketones (excluding diaryl/α,β-unsaturated/α-hetero) is 1. The Morgan fingerprint density at radius 1 is 1.40 bits per heavy atom. The molecule has 20 heavy (non-hydrogen) atoms. The Kier molecular flexibility index (Phi) is 4.02. The summed E-state index contributed by atoms with van der Waals surface area (Å²) >= 11 is 0. The molecule has 0 amide bonds. The van der Waals surface area contributed by atoms with E-state index in [1.807, 2.05) is 0 Å². The van der Waals surface area contributed by atoms with E-state index in [9.17, 15) is 4.79 Å². The summed E-state index contributed by atoms with van der Waals surface area (Å²) in [7, 11) is -1.55. The molecule has 0 bridgehead atoms. The Morgan fingerprint density at radius 2 is 2.05 bits per heavy atom. The minimum Gasteiger partial charge on any atom is -0.548 e. The molecule has 112 valence electrons. The van der Waals surface area contributed by atoms with Crippen LogP contribution >= 0.6 is 0 Å². The van der Waals surface area contributed by atoms with Crippen LogP contribution in [-0.4, -0.2) is 14.1 Å². The highest BCUT2D eigenvalue weighted by molar-refractivity contribution is 6.70. The van der Waals surface area contributed by atoms with Crippen molar-refractivity contribution in [3.8, 4) is 0 Å². The molecule has 2 nitrogen and oxygen atoms in total. The van der Waals surface area contributed by atoms with Crippen molar-refractivity contribution in [2.45, 2.75) is 59.2 Å². The van der Waals surface area contributed by atoms with Gasteiger partial charge in [-0.15, -0.1) is 0 Å². The molecule has 0 unspecified atom stereocenters. The second-order valence-corrected chi connectivity index (χ2v) is 12.2. The van der Waals surface area contributed by atoms with E-state index in [0.29, 0.717) is 24.0 Å². The topological polar surface area (TPSA) is 26.3 Å².